The van der Waals surface area contributed by atoms with E-state index in [4.69, 9.17) is 16.3 Å². The van der Waals surface area contributed by atoms with E-state index in [0.29, 0.717) is 21.8 Å². The van der Waals surface area contributed by atoms with Crippen LogP contribution >= 0.6 is 23.4 Å². The van der Waals surface area contributed by atoms with Crippen LogP contribution in [0.1, 0.15) is 0 Å². The number of carbonyl (C=O) groups excluding carboxylic acids is 1. The molecule has 1 aromatic heterocycles. The van der Waals surface area contributed by atoms with Gasteiger partial charge >= 0.3 is 0 Å². The number of ether oxygens (including phenoxy) is 1. The standard InChI is InChI=1S/C23H19ClN4O2S/c1-30-20-13-12-18(14-19(20)24)28-22(16-8-4-2-5-9-16)26-27-23(28)31-15-21(29)25-17-10-6-3-7-11-17/h2-14H,15H2,1H3,(H,25,29). The molecule has 0 aliphatic carbocycles. The molecule has 31 heavy (non-hydrogen) atoms. The third-order valence-corrected chi connectivity index (χ3v) is 5.67. The van der Waals surface area contributed by atoms with Crippen molar-refractivity contribution >= 4 is 35.0 Å². The molecule has 0 saturated carbocycles. The Balaban J connectivity index is 1.64. The molecule has 3 aromatic carbocycles. The van der Waals surface area contributed by atoms with E-state index in [2.05, 4.69) is 15.5 Å². The van der Waals surface area contributed by atoms with Gasteiger partial charge < -0.3 is 10.1 Å². The quantitative estimate of drug-likeness (QED) is 0.385. The van der Waals surface area contributed by atoms with Gasteiger partial charge in [0.15, 0.2) is 11.0 Å². The van der Waals surface area contributed by atoms with Crippen molar-refractivity contribution < 1.29 is 9.53 Å². The molecule has 1 amide bonds. The number of halogens is 1. The molecule has 6 nitrogen and oxygen atoms in total. The molecular weight excluding hydrogens is 432 g/mol. The number of hydrogen-bond donors (Lipinski definition) is 1. The second-order valence-corrected chi connectivity index (χ2v) is 7.88. The highest BCUT2D eigenvalue weighted by Gasteiger charge is 2.18. The summed E-state index contributed by atoms with van der Waals surface area (Å²) in [5.41, 5.74) is 2.43. The Labute approximate surface area is 189 Å². The van der Waals surface area contributed by atoms with Crippen molar-refractivity contribution in [3.63, 3.8) is 0 Å². The number of nitrogens with zero attached hydrogens (tertiary/aromatic N) is 3. The molecule has 0 unspecified atom stereocenters. The van der Waals surface area contributed by atoms with E-state index < -0.39 is 0 Å². The number of amides is 1. The third kappa shape index (κ3) is 4.90. The number of para-hydroxylation sites is 1. The van der Waals surface area contributed by atoms with E-state index in [1.807, 2.05) is 71.3 Å². The zero-order valence-electron chi connectivity index (χ0n) is 16.7. The Hall–Kier alpha value is -3.29. The van der Waals surface area contributed by atoms with Crippen molar-refractivity contribution in [1.29, 1.82) is 0 Å². The minimum Gasteiger partial charge on any atom is -0.495 e. The molecule has 0 bridgehead atoms. The van der Waals surface area contributed by atoms with Crippen LogP contribution in [-0.4, -0.2) is 33.5 Å². The number of anilines is 1. The van der Waals surface area contributed by atoms with Gasteiger partial charge in [-0.15, -0.1) is 10.2 Å². The lowest BCUT2D eigenvalue weighted by atomic mass is 10.2. The van der Waals surface area contributed by atoms with Crippen molar-refractivity contribution in [3.8, 4) is 22.8 Å². The molecule has 156 valence electrons. The highest BCUT2D eigenvalue weighted by atomic mass is 35.5. The molecule has 0 aliphatic rings. The molecule has 0 spiro atoms. The first-order valence-electron chi connectivity index (χ1n) is 9.48. The first kappa shape index (κ1) is 21.0. The van der Waals surface area contributed by atoms with Crippen molar-refractivity contribution in [3.05, 3.63) is 83.9 Å². The van der Waals surface area contributed by atoms with Gasteiger partial charge in [-0.2, -0.15) is 0 Å². The summed E-state index contributed by atoms with van der Waals surface area (Å²) < 4.78 is 7.16. The number of methoxy groups -OCH3 is 1. The van der Waals surface area contributed by atoms with Gasteiger partial charge in [0.25, 0.3) is 0 Å². The number of benzene rings is 3. The average Bonchev–Trinajstić information content (AvgIpc) is 3.23. The van der Waals surface area contributed by atoms with Gasteiger partial charge in [0.1, 0.15) is 5.75 Å². The first-order valence-corrected chi connectivity index (χ1v) is 10.8. The Bertz CT molecular complexity index is 1180. The van der Waals surface area contributed by atoms with Crippen molar-refractivity contribution in [2.45, 2.75) is 5.16 Å². The predicted octanol–water partition coefficient (Wildman–Crippen LogP) is 5.33. The lowest BCUT2D eigenvalue weighted by Crippen LogP contribution is -2.14. The van der Waals surface area contributed by atoms with Crippen LogP contribution in [0.3, 0.4) is 0 Å². The largest absolute Gasteiger partial charge is 0.495 e. The third-order valence-electron chi connectivity index (χ3n) is 4.45. The molecule has 0 aliphatic heterocycles. The van der Waals surface area contributed by atoms with E-state index in [1.165, 1.54) is 11.8 Å². The van der Waals surface area contributed by atoms with Gasteiger partial charge in [0.2, 0.25) is 5.91 Å². The number of rotatable bonds is 7. The number of nitrogens with one attached hydrogen (secondary N) is 1. The zero-order chi connectivity index (χ0) is 21.6. The highest BCUT2D eigenvalue weighted by Crippen LogP contribution is 2.32. The summed E-state index contributed by atoms with van der Waals surface area (Å²) in [5.74, 6) is 1.30. The van der Waals surface area contributed by atoms with E-state index in [9.17, 15) is 4.79 Å². The molecule has 0 radical (unpaired) electrons. The van der Waals surface area contributed by atoms with E-state index in [0.717, 1.165) is 16.9 Å². The average molecular weight is 451 g/mol. The van der Waals surface area contributed by atoms with E-state index in [-0.39, 0.29) is 11.7 Å². The first-order chi connectivity index (χ1) is 15.2. The summed E-state index contributed by atoms with van der Waals surface area (Å²) in [4.78, 5) is 12.4. The predicted molar refractivity (Wildman–Crippen MR) is 124 cm³/mol. The number of aromatic nitrogens is 3. The molecular formula is C23H19ClN4O2S. The summed E-state index contributed by atoms with van der Waals surface area (Å²) in [6, 6.07) is 24.6. The molecule has 0 atom stereocenters. The molecule has 1 heterocycles. The maximum absolute atomic E-state index is 12.4. The molecule has 8 heteroatoms. The van der Waals surface area contributed by atoms with Crippen LogP contribution in [0.2, 0.25) is 5.02 Å². The lowest BCUT2D eigenvalue weighted by Gasteiger charge is -2.12. The molecule has 1 N–H and O–H groups in total. The van der Waals surface area contributed by atoms with Gasteiger partial charge in [0, 0.05) is 11.3 Å². The highest BCUT2D eigenvalue weighted by molar-refractivity contribution is 7.99. The van der Waals surface area contributed by atoms with Gasteiger partial charge in [-0.1, -0.05) is 71.9 Å². The minimum atomic E-state index is -0.125. The molecule has 4 rings (SSSR count). The Kier molecular flexibility index (Phi) is 6.54. The van der Waals surface area contributed by atoms with Crippen LogP contribution in [-0.2, 0) is 4.79 Å². The second kappa shape index (κ2) is 9.68. The van der Waals surface area contributed by atoms with E-state index in [1.54, 1.807) is 19.2 Å². The van der Waals surface area contributed by atoms with Gasteiger partial charge in [-0.05, 0) is 30.3 Å². The normalized spacial score (nSPS) is 10.6. The number of hydrogen-bond acceptors (Lipinski definition) is 5. The smallest absolute Gasteiger partial charge is 0.234 e. The maximum Gasteiger partial charge on any atom is 0.234 e. The van der Waals surface area contributed by atoms with Crippen LogP contribution in [0.25, 0.3) is 17.1 Å². The summed E-state index contributed by atoms with van der Waals surface area (Å²) in [6.45, 7) is 0. The molecule has 0 fully saturated rings. The SMILES string of the molecule is COc1ccc(-n2c(SCC(=O)Nc3ccccc3)nnc2-c2ccccc2)cc1Cl. The van der Waals surface area contributed by atoms with Gasteiger partial charge in [-0.3, -0.25) is 9.36 Å². The zero-order valence-corrected chi connectivity index (χ0v) is 18.2. The Morgan fingerprint density at radius 1 is 1.03 bits per heavy atom. The summed E-state index contributed by atoms with van der Waals surface area (Å²) in [5, 5.41) is 12.7. The van der Waals surface area contributed by atoms with Crippen LogP contribution in [0.5, 0.6) is 5.75 Å². The fraction of sp³-hybridized carbons (Fsp3) is 0.0870. The Morgan fingerprint density at radius 3 is 2.42 bits per heavy atom. The van der Waals surface area contributed by atoms with Crippen LogP contribution in [0.4, 0.5) is 5.69 Å². The van der Waals surface area contributed by atoms with Gasteiger partial charge in [-0.25, -0.2) is 0 Å². The Morgan fingerprint density at radius 2 is 1.74 bits per heavy atom. The molecule has 4 aromatic rings. The second-order valence-electron chi connectivity index (χ2n) is 6.53. The van der Waals surface area contributed by atoms with Crippen molar-refractivity contribution in [2.24, 2.45) is 0 Å². The lowest BCUT2D eigenvalue weighted by molar-refractivity contribution is -0.113. The fourth-order valence-electron chi connectivity index (χ4n) is 3.01. The van der Waals surface area contributed by atoms with Crippen molar-refractivity contribution in [1.82, 2.24) is 14.8 Å². The summed E-state index contributed by atoms with van der Waals surface area (Å²) in [7, 11) is 1.57. The maximum atomic E-state index is 12.4. The van der Waals surface area contributed by atoms with Crippen molar-refractivity contribution in [2.75, 3.05) is 18.2 Å². The summed E-state index contributed by atoms with van der Waals surface area (Å²) >= 11 is 7.67. The minimum absolute atomic E-state index is 0.125. The van der Waals surface area contributed by atoms with Crippen LogP contribution in [0, 0.1) is 0 Å². The topological polar surface area (TPSA) is 69.0 Å². The number of carbonyl (C=O) groups is 1. The van der Waals surface area contributed by atoms with Crippen LogP contribution in [0.15, 0.2) is 84.0 Å². The summed E-state index contributed by atoms with van der Waals surface area (Å²) in [6.07, 6.45) is 0. The fourth-order valence-corrected chi connectivity index (χ4v) is 4.02. The number of thioether (sulfide) groups is 1. The van der Waals surface area contributed by atoms with Crippen LogP contribution < -0.4 is 10.1 Å². The van der Waals surface area contributed by atoms with Gasteiger partial charge in [0.05, 0.1) is 23.6 Å². The monoisotopic (exact) mass is 450 g/mol. The molecule has 0 saturated heterocycles. The van der Waals surface area contributed by atoms with E-state index >= 15 is 0 Å².